The molecule has 0 bridgehead atoms. The molecule has 0 radical (unpaired) electrons. The van der Waals surface area contributed by atoms with Crippen LogP contribution in [0.2, 0.25) is 0 Å². The highest BCUT2D eigenvalue weighted by Crippen LogP contribution is 2.19. The lowest BCUT2D eigenvalue weighted by Gasteiger charge is -2.28. The third-order valence-corrected chi connectivity index (χ3v) is 6.72. The van der Waals surface area contributed by atoms with Crippen molar-refractivity contribution in [3.8, 4) is 0 Å². The van der Waals surface area contributed by atoms with E-state index >= 15 is 0 Å². The normalized spacial score (nSPS) is 13.0. The maximum absolute atomic E-state index is 13.4. The predicted molar refractivity (Wildman–Crippen MR) is 168 cm³/mol. The van der Waals surface area contributed by atoms with Crippen LogP contribution in [0.5, 0.6) is 0 Å². The Kier molecular flexibility index (Phi) is 15.8. The van der Waals surface area contributed by atoms with Gasteiger partial charge in [-0.2, -0.15) is 0 Å². The maximum atomic E-state index is 13.4. The van der Waals surface area contributed by atoms with Crippen molar-refractivity contribution >= 4 is 35.4 Å². The molecule has 0 aliphatic carbocycles. The molecule has 0 fully saturated rings. The number of rotatable bonds is 19. The van der Waals surface area contributed by atoms with Gasteiger partial charge in [-0.1, -0.05) is 26.0 Å². The molecule has 0 unspecified atom stereocenters. The van der Waals surface area contributed by atoms with E-state index in [0.29, 0.717) is 31.6 Å². The molecule has 0 aliphatic heterocycles. The molecule has 1 aromatic carbocycles. The fourth-order valence-corrected chi connectivity index (χ4v) is 4.00. The van der Waals surface area contributed by atoms with Crippen LogP contribution in [-0.4, -0.2) is 66.1 Å². The Bertz CT molecular complexity index is 1100. The van der Waals surface area contributed by atoms with E-state index in [0.717, 1.165) is 5.56 Å². The molecule has 0 saturated heterocycles. The highest BCUT2D eigenvalue weighted by atomic mass is 16.5. The van der Waals surface area contributed by atoms with Crippen LogP contribution in [0.25, 0.3) is 0 Å². The minimum absolute atomic E-state index is 0.106. The van der Waals surface area contributed by atoms with Gasteiger partial charge < -0.3 is 42.2 Å². The second-order valence-corrected chi connectivity index (χ2v) is 12.6. The van der Waals surface area contributed by atoms with Gasteiger partial charge in [-0.15, -0.1) is 0 Å². The van der Waals surface area contributed by atoms with Crippen molar-refractivity contribution in [2.24, 2.45) is 17.4 Å². The number of nitrogens with one attached hydrogen (secondary N) is 4. The molecule has 0 saturated carbocycles. The number of hydrogen-bond donors (Lipinski definition) is 6. The topological polar surface area (TPSA) is 204 Å². The van der Waals surface area contributed by atoms with Crippen molar-refractivity contribution in [3.05, 3.63) is 29.8 Å². The average molecular weight is 621 g/mol. The first-order valence-electron chi connectivity index (χ1n) is 15.0. The zero-order chi connectivity index (χ0) is 33.5. The summed E-state index contributed by atoms with van der Waals surface area (Å²) in [5.74, 6) is -1.95. The molecule has 0 aliphatic rings. The van der Waals surface area contributed by atoms with Gasteiger partial charge >= 0.3 is 12.0 Å². The van der Waals surface area contributed by atoms with Crippen LogP contribution in [-0.2, 0) is 35.3 Å². The Morgan fingerprint density at radius 3 is 2.11 bits per heavy atom. The van der Waals surface area contributed by atoms with E-state index in [1.165, 1.54) is 6.92 Å². The van der Waals surface area contributed by atoms with Crippen molar-refractivity contribution in [2.45, 2.75) is 110 Å². The molecule has 0 heterocycles. The summed E-state index contributed by atoms with van der Waals surface area (Å²) < 4.78 is 10.9. The Morgan fingerprint density at radius 2 is 1.57 bits per heavy atom. The van der Waals surface area contributed by atoms with Crippen molar-refractivity contribution < 1.29 is 33.4 Å². The molecule has 5 amide bonds. The maximum Gasteiger partial charge on any atom is 0.312 e. The van der Waals surface area contributed by atoms with Crippen molar-refractivity contribution in [1.29, 1.82) is 0 Å². The van der Waals surface area contributed by atoms with Gasteiger partial charge in [0.15, 0.2) is 0 Å². The van der Waals surface area contributed by atoms with Gasteiger partial charge in [-0.3, -0.25) is 19.2 Å². The molecular weight excluding hydrogens is 568 g/mol. The largest absolute Gasteiger partial charge is 0.461 e. The first kappa shape index (κ1) is 38.3. The second-order valence-electron chi connectivity index (χ2n) is 12.6. The SMILES string of the molecule is CC(=O)OCc1ccc(NC(=O)[C@H](CCCNC(N)=O)NC(=O)[C@@H](NC(=O)CCC(C)(C)OCCC(C)(C)N)C(C)C)cc1. The lowest BCUT2D eigenvalue weighted by atomic mass is 9.99. The number of amides is 5. The van der Waals surface area contributed by atoms with Crippen LogP contribution in [0.1, 0.15) is 86.1 Å². The van der Waals surface area contributed by atoms with E-state index in [2.05, 4.69) is 21.3 Å². The van der Waals surface area contributed by atoms with Crippen LogP contribution in [0, 0.1) is 5.92 Å². The number of anilines is 1. The number of primary amides is 1. The molecule has 0 spiro atoms. The standard InChI is InChI=1S/C31H52N6O7/c1-20(2)26(37-25(39)14-15-31(6,7)44-18-16-30(4,5)33)28(41)36-24(9-8-17-34-29(32)42)27(40)35-23-12-10-22(11-13-23)19-43-21(3)38/h10-13,20,24,26H,8-9,14-19,33H2,1-7H3,(H,35,40)(H,36,41)(H,37,39)(H3,32,34,42)/t24-,26-/m0/s1. The minimum atomic E-state index is -0.963. The highest BCUT2D eigenvalue weighted by molar-refractivity contribution is 5.98. The monoisotopic (exact) mass is 620 g/mol. The fraction of sp³-hybridized carbons (Fsp3) is 0.645. The van der Waals surface area contributed by atoms with Gasteiger partial charge in [0.25, 0.3) is 0 Å². The summed E-state index contributed by atoms with van der Waals surface area (Å²) in [6.45, 7) is 13.4. The average Bonchev–Trinajstić information content (AvgIpc) is 2.90. The number of hydrogen-bond acceptors (Lipinski definition) is 8. The van der Waals surface area contributed by atoms with Gasteiger partial charge in [0.05, 0.1) is 5.60 Å². The van der Waals surface area contributed by atoms with Crippen molar-refractivity contribution in [3.63, 3.8) is 0 Å². The summed E-state index contributed by atoms with van der Waals surface area (Å²) in [6, 6.07) is 4.19. The van der Waals surface area contributed by atoms with Crippen molar-refractivity contribution in [2.75, 3.05) is 18.5 Å². The molecule has 13 heteroatoms. The first-order valence-corrected chi connectivity index (χ1v) is 15.0. The number of nitrogens with two attached hydrogens (primary N) is 2. The molecule has 0 aromatic heterocycles. The van der Waals surface area contributed by atoms with Crippen molar-refractivity contribution in [1.82, 2.24) is 16.0 Å². The summed E-state index contributed by atoms with van der Waals surface area (Å²) in [6.07, 6.45) is 1.82. The molecule has 2 atom stereocenters. The van der Waals surface area contributed by atoms with Gasteiger partial charge in [0.2, 0.25) is 17.7 Å². The Morgan fingerprint density at radius 1 is 0.932 bits per heavy atom. The molecular formula is C31H52N6O7. The molecule has 13 nitrogen and oxygen atoms in total. The Labute approximate surface area is 260 Å². The third kappa shape index (κ3) is 16.8. The Balaban J connectivity index is 2.87. The summed E-state index contributed by atoms with van der Waals surface area (Å²) >= 11 is 0. The first-order chi connectivity index (χ1) is 20.4. The number of ether oxygens (including phenoxy) is 2. The fourth-order valence-electron chi connectivity index (χ4n) is 4.00. The zero-order valence-corrected chi connectivity index (χ0v) is 27.2. The van der Waals surface area contributed by atoms with Crippen LogP contribution in [0.15, 0.2) is 24.3 Å². The third-order valence-electron chi connectivity index (χ3n) is 6.72. The van der Waals surface area contributed by atoms with Crippen LogP contribution in [0.4, 0.5) is 10.5 Å². The van der Waals surface area contributed by atoms with E-state index in [1.807, 2.05) is 27.7 Å². The minimum Gasteiger partial charge on any atom is -0.461 e. The summed E-state index contributed by atoms with van der Waals surface area (Å²) in [5, 5.41) is 10.8. The molecule has 1 aromatic rings. The lowest BCUT2D eigenvalue weighted by Crippen LogP contribution is -2.54. The van der Waals surface area contributed by atoms with Gasteiger partial charge in [-0.05, 0) is 77.0 Å². The zero-order valence-electron chi connectivity index (χ0n) is 27.2. The quantitative estimate of drug-likeness (QED) is 0.0999. The molecule has 8 N–H and O–H groups in total. The van der Waals surface area contributed by atoms with E-state index in [1.54, 1.807) is 38.1 Å². The summed E-state index contributed by atoms with van der Waals surface area (Å²) in [7, 11) is 0. The van der Waals surface area contributed by atoms with E-state index in [-0.39, 0.29) is 43.4 Å². The van der Waals surface area contributed by atoms with E-state index in [4.69, 9.17) is 20.9 Å². The number of benzene rings is 1. The molecule has 1 rings (SSSR count). The Hall–Kier alpha value is -3.71. The van der Waals surface area contributed by atoms with Crippen LogP contribution < -0.4 is 32.7 Å². The van der Waals surface area contributed by atoms with Gasteiger partial charge in [0.1, 0.15) is 18.7 Å². The summed E-state index contributed by atoms with van der Waals surface area (Å²) in [5.41, 5.74) is 11.5. The van der Waals surface area contributed by atoms with E-state index < -0.39 is 41.5 Å². The highest BCUT2D eigenvalue weighted by Gasteiger charge is 2.30. The van der Waals surface area contributed by atoms with E-state index in [9.17, 15) is 24.0 Å². The predicted octanol–water partition coefficient (Wildman–Crippen LogP) is 2.47. The van der Waals surface area contributed by atoms with Crippen LogP contribution >= 0.6 is 0 Å². The van der Waals surface area contributed by atoms with Crippen LogP contribution in [0.3, 0.4) is 0 Å². The molecule has 248 valence electrons. The number of esters is 1. The number of carbonyl (C=O) groups is 5. The van der Waals surface area contributed by atoms with Gasteiger partial charge in [-0.25, -0.2) is 4.79 Å². The number of carbonyl (C=O) groups excluding carboxylic acids is 5. The smallest absolute Gasteiger partial charge is 0.312 e. The molecule has 44 heavy (non-hydrogen) atoms. The summed E-state index contributed by atoms with van der Waals surface area (Å²) in [4.78, 5) is 61.6. The lowest BCUT2D eigenvalue weighted by molar-refractivity contribution is -0.142. The second kappa shape index (κ2) is 18.2. The van der Waals surface area contributed by atoms with Gasteiger partial charge in [0, 0.05) is 37.7 Å². The number of urea groups is 1.